The van der Waals surface area contributed by atoms with Crippen molar-refractivity contribution in [1.82, 2.24) is 15.0 Å². The van der Waals surface area contributed by atoms with Crippen LogP contribution < -0.4 is 10.9 Å². The quantitative estimate of drug-likeness (QED) is 0.563. The highest BCUT2D eigenvalue weighted by molar-refractivity contribution is 9.10. The SMILES string of the molecule is O=C(CSc1nc(O)cc(=O)[nH]1)Nc1ccc(Br)cn1. The fourth-order valence-corrected chi connectivity index (χ4v) is 2.16. The van der Waals surface area contributed by atoms with E-state index < -0.39 is 5.56 Å². The Morgan fingerprint density at radius 2 is 2.30 bits per heavy atom. The lowest BCUT2D eigenvalue weighted by molar-refractivity contribution is -0.113. The number of rotatable bonds is 4. The fraction of sp³-hybridized carbons (Fsp3) is 0.0909. The molecule has 2 aromatic heterocycles. The van der Waals surface area contributed by atoms with E-state index in [0.717, 1.165) is 22.3 Å². The first-order chi connectivity index (χ1) is 9.52. The molecule has 104 valence electrons. The van der Waals surface area contributed by atoms with Crippen molar-refractivity contribution in [2.24, 2.45) is 0 Å². The van der Waals surface area contributed by atoms with Gasteiger partial charge in [-0.2, -0.15) is 4.98 Å². The Morgan fingerprint density at radius 3 is 2.95 bits per heavy atom. The van der Waals surface area contributed by atoms with Gasteiger partial charge in [-0.1, -0.05) is 11.8 Å². The molecule has 7 nitrogen and oxygen atoms in total. The molecule has 0 spiro atoms. The zero-order chi connectivity index (χ0) is 14.5. The van der Waals surface area contributed by atoms with Gasteiger partial charge in [-0.15, -0.1) is 0 Å². The molecule has 2 rings (SSSR count). The molecular formula is C11H9BrN4O3S. The van der Waals surface area contributed by atoms with Crippen molar-refractivity contribution in [3.05, 3.63) is 39.2 Å². The minimum atomic E-state index is -0.477. The molecule has 0 aliphatic rings. The molecule has 0 aliphatic heterocycles. The molecule has 0 bridgehead atoms. The van der Waals surface area contributed by atoms with Crippen LogP contribution in [0.4, 0.5) is 5.82 Å². The minimum Gasteiger partial charge on any atom is -0.493 e. The first-order valence-corrected chi connectivity index (χ1v) is 7.15. The number of carbonyl (C=O) groups excluding carboxylic acids is 1. The summed E-state index contributed by atoms with van der Waals surface area (Å²) < 4.78 is 0.811. The van der Waals surface area contributed by atoms with Crippen molar-refractivity contribution >= 4 is 39.4 Å². The topological polar surface area (TPSA) is 108 Å². The normalized spacial score (nSPS) is 10.2. The van der Waals surface area contributed by atoms with Gasteiger partial charge in [0.15, 0.2) is 5.16 Å². The zero-order valence-electron chi connectivity index (χ0n) is 9.96. The summed E-state index contributed by atoms with van der Waals surface area (Å²) in [6, 6.07) is 4.36. The van der Waals surface area contributed by atoms with Gasteiger partial charge in [0.05, 0.1) is 11.8 Å². The standard InChI is InChI=1S/C11H9BrN4O3S/c12-6-1-2-7(13-4-6)14-10(19)5-20-11-15-8(17)3-9(18)16-11/h1-4H,5H2,(H,13,14,19)(H2,15,16,17,18). The second kappa shape index (κ2) is 6.53. The van der Waals surface area contributed by atoms with Crippen LogP contribution in [0, 0.1) is 0 Å². The summed E-state index contributed by atoms with van der Waals surface area (Å²) in [5.41, 5.74) is -0.477. The van der Waals surface area contributed by atoms with E-state index in [1.54, 1.807) is 18.3 Å². The first-order valence-electron chi connectivity index (χ1n) is 5.37. The summed E-state index contributed by atoms with van der Waals surface area (Å²) in [5.74, 6) is -0.220. The first kappa shape index (κ1) is 14.5. The lowest BCUT2D eigenvalue weighted by atomic mass is 10.4. The largest absolute Gasteiger partial charge is 0.493 e. The number of hydrogen-bond acceptors (Lipinski definition) is 6. The Labute approximate surface area is 126 Å². The maximum atomic E-state index is 11.7. The van der Waals surface area contributed by atoms with Gasteiger partial charge in [-0.05, 0) is 28.1 Å². The van der Waals surface area contributed by atoms with Crippen LogP contribution in [-0.4, -0.2) is 31.7 Å². The van der Waals surface area contributed by atoms with Crippen molar-refractivity contribution in [2.45, 2.75) is 5.16 Å². The van der Waals surface area contributed by atoms with E-state index in [4.69, 9.17) is 5.11 Å². The number of nitrogens with one attached hydrogen (secondary N) is 2. The second-order valence-electron chi connectivity index (χ2n) is 3.61. The average molecular weight is 357 g/mol. The van der Waals surface area contributed by atoms with Crippen LogP contribution in [0.5, 0.6) is 5.88 Å². The smallest absolute Gasteiger partial charge is 0.255 e. The number of pyridine rings is 1. The van der Waals surface area contributed by atoms with Crippen molar-refractivity contribution in [2.75, 3.05) is 11.1 Å². The molecule has 0 saturated heterocycles. The molecule has 0 saturated carbocycles. The number of H-pyrrole nitrogens is 1. The highest BCUT2D eigenvalue weighted by Crippen LogP contribution is 2.14. The molecule has 0 atom stereocenters. The summed E-state index contributed by atoms with van der Waals surface area (Å²) in [4.78, 5) is 32.9. The van der Waals surface area contributed by atoms with E-state index in [1.165, 1.54) is 0 Å². The molecule has 1 amide bonds. The van der Waals surface area contributed by atoms with Gasteiger partial charge in [0.1, 0.15) is 5.82 Å². The number of thioether (sulfide) groups is 1. The molecule has 9 heteroatoms. The van der Waals surface area contributed by atoms with Gasteiger partial charge in [0, 0.05) is 10.7 Å². The van der Waals surface area contributed by atoms with E-state index in [0.29, 0.717) is 5.82 Å². The number of aromatic amines is 1. The Bertz CT molecular complexity index is 674. The van der Waals surface area contributed by atoms with Gasteiger partial charge in [0.25, 0.3) is 5.56 Å². The van der Waals surface area contributed by atoms with Crippen molar-refractivity contribution in [3.63, 3.8) is 0 Å². The molecule has 0 unspecified atom stereocenters. The predicted octanol–water partition coefficient (Wildman–Crippen LogP) is 1.36. The van der Waals surface area contributed by atoms with Crippen LogP contribution in [0.15, 0.2) is 38.8 Å². The third-order valence-electron chi connectivity index (χ3n) is 2.04. The molecule has 0 aliphatic carbocycles. The Hall–Kier alpha value is -1.87. The maximum absolute atomic E-state index is 11.7. The van der Waals surface area contributed by atoms with Gasteiger partial charge in [-0.25, -0.2) is 4.98 Å². The van der Waals surface area contributed by atoms with Crippen molar-refractivity contribution in [3.8, 4) is 5.88 Å². The van der Waals surface area contributed by atoms with E-state index >= 15 is 0 Å². The monoisotopic (exact) mass is 356 g/mol. The van der Waals surface area contributed by atoms with Crippen LogP contribution in [0.1, 0.15) is 0 Å². The molecule has 20 heavy (non-hydrogen) atoms. The van der Waals surface area contributed by atoms with Crippen LogP contribution in [0.2, 0.25) is 0 Å². The Kier molecular flexibility index (Phi) is 4.74. The third kappa shape index (κ3) is 4.35. The Balaban J connectivity index is 1.92. The van der Waals surface area contributed by atoms with Crippen LogP contribution in [0.3, 0.4) is 0 Å². The van der Waals surface area contributed by atoms with Crippen LogP contribution in [0.25, 0.3) is 0 Å². The van der Waals surface area contributed by atoms with E-state index in [1.807, 2.05) is 0 Å². The summed E-state index contributed by atoms with van der Waals surface area (Å²) in [6.45, 7) is 0. The molecule has 0 fully saturated rings. The van der Waals surface area contributed by atoms with Crippen molar-refractivity contribution < 1.29 is 9.90 Å². The number of aromatic nitrogens is 3. The summed E-state index contributed by atoms with van der Waals surface area (Å²) in [5, 5.41) is 11.9. The lowest BCUT2D eigenvalue weighted by Crippen LogP contribution is -2.15. The van der Waals surface area contributed by atoms with E-state index in [9.17, 15) is 9.59 Å². The zero-order valence-corrected chi connectivity index (χ0v) is 12.4. The average Bonchev–Trinajstić information content (AvgIpc) is 2.38. The molecule has 0 aromatic carbocycles. The number of aromatic hydroxyl groups is 1. The van der Waals surface area contributed by atoms with Crippen LogP contribution in [-0.2, 0) is 4.79 Å². The number of carbonyl (C=O) groups is 1. The number of nitrogens with zero attached hydrogens (tertiary/aromatic N) is 2. The Morgan fingerprint density at radius 1 is 1.50 bits per heavy atom. The van der Waals surface area contributed by atoms with E-state index in [-0.39, 0.29) is 22.7 Å². The number of amides is 1. The van der Waals surface area contributed by atoms with Crippen molar-refractivity contribution in [1.29, 1.82) is 0 Å². The minimum absolute atomic E-state index is 0.0319. The maximum Gasteiger partial charge on any atom is 0.255 e. The molecule has 0 radical (unpaired) electrons. The third-order valence-corrected chi connectivity index (χ3v) is 3.38. The lowest BCUT2D eigenvalue weighted by Gasteiger charge is -2.04. The predicted molar refractivity (Wildman–Crippen MR) is 77.8 cm³/mol. The highest BCUT2D eigenvalue weighted by atomic mass is 79.9. The molecule has 2 heterocycles. The van der Waals surface area contributed by atoms with Gasteiger partial charge in [0.2, 0.25) is 11.8 Å². The summed E-state index contributed by atoms with van der Waals surface area (Å²) >= 11 is 4.25. The summed E-state index contributed by atoms with van der Waals surface area (Å²) in [6.07, 6.45) is 1.57. The fourth-order valence-electron chi connectivity index (χ4n) is 1.25. The van der Waals surface area contributed by atoms with Gasteiger partial charge >= 0.3 is 0 Å². The number of halogens is 1. The number of anilines is 1. The highest BCUT2D eigenvalue weighted by Gasteiger charge is 2.07. The molecule has 3 N–H and O–H groups in total. The molecule has 2 aromatic rings. The van der Waals surface area contributed by atoms with Crippen LogP contribution >= 0.6 is 27.7 Å². The van der Waals surface area contributed by atoms with Gasteiger partial charge < -0.3 is 15.4 Å². The summed E-state index contributed by atoms with van der Waals surface area (Å²) in [7, 11) is 0. The van der Waals surface area contributed by atoms with Gasteiger partial charge in [-0.3, -0.25) is 9.59 Å². The second-order valence-corrected chi connectivity index (χ2v) is 5.49. The number of hydrogen-bond donors (Lipinski definition) is 3. The molecular weight excluding hydrogens is 348 g/mol. The van der Waals surface area contributed by atoms with E-state index in [2.05, 4.69) is 36.2 Å².